The number of carbonyl (C=O) groups excluding carboxylic acids is 2. The molecule has 29 heavy (non-hydrogen) atoms. The number of esters is 1. The van der Waals surface area contributed by atoms with Gasteiger partial charge in [-0.25, -0.2) is 17.9 Å². The monoisotopic (exact) mass is 482 g/mol. The number of hydrogen-bond acceptors (Lipinski definition) is 5. The number of rotatable bonds is 8. The Morgan fingerprint density at radius 3 is 2.34 bits per heavy atom. The van der Waals surface area contributed by atoms with Crippen molar-refractivity contribution in [3.8, 4) is 0 Å². The molecule has 0 bridgehead atoms. The average Bonchev–Trinajstić information content (AvgIpc) is 2.65. The summed E-state index contributed by atoms with van der Waals surface area (Å²) in [6.45, 7) is 4.74. The molecule has 0 aromatic heterocycles. The zero-order valence-corrected chi connectivity index (χ0v) is 18.7. The van der Waals surface area contributed by atoms with Crippen molar-refractivity contribution in [3.05, 3.63) is 64.1 Å². The average molecular weight is 483 g/mol. The van der Waals surface area contributed by atoms with Gasteiger partial charge in [-0.2, -0.15) is 0 Å². The largest absolute Gasteiger partial charge is 0.452 e. The molecular weight excluding hydrogens is 460 g/mol. The first-order valence-electron chi connectivity index (χ1n) is 8.93. The highest BCUT2D eigenvalue weighted by Gasteiger charge is 2.18. The van der Waals surface area contributed by atoms with Crippen LogP contribution in [0.4, 0.5) is 0 Å². The summed E-state index contributed by atoms with van der Waals surface area (Å²) in [7, 11) is -3.74. The molecule has 0 saturated carbocycles. The van der Waals surface area contributed by atoms with Crippen molar-refractivity contribution in [3.63, 3.8) is 0 Å². The van der Waals surface area contributed by atoms with Gasteiger partial charge in [0.15, 0.2) is 6.61 Å². The van der Waals surface area contributed by atoms with Crippen molar-refractivity contribution in [2.45, 2.75) is 37.8 Å². The van der Waals surface area contributed by atoms with E-state index in [4.69, 9.17) is 4.74 Å². The van der Waals surface area contributed by atoms with Gasteiger partial charge in [0.05, 0.1) is 16.5 Å². The molecule has 0 radical (unpaired) electrons. The molecule has 0 aliphatic carbocycles. The summed E-state index contributed by atoms with van der Waals surface area (Å²) in [5, 5.41) is 2.74. The number of ether oxygens (including phenoxy) is 1. The van der Waals surface area contributed by atoms with E-state index in [-0.39, 0.29) is 22.5 Å². The van der Waals surface area contributed by atoms with Crippen LogP contribution < -0.4 is 10.0 Å². The Morgan fingerprint density at radius 2 is 1.72 bits per heavy atom. The van der Waals surface area contributed by atoms with Crippen molar-refractivity contribution in [2.75, 3.05) is 6.61 Å². The second-order valence-electron chi connectivity index (χ2n) is 6.72. The predicted molar refractivity (Wildman–Crippen MR) is 113 cm³/mol. The highest BCUT2D eigenvalue weighted by Crippen LogP contribution is 2.16. The Labute approximate surface area is 179 Å². The maximum absolute atomic E-state index is 12.2. The molecule has 2 N–H and O–H groups in total. The van der Waals surface area contributed by atoms with Crippen molar-refractivity contribution in [1.29, 1.82) is 0 Å². The lowest BCUT2D eigenvalue weighted by molar-refractivity contribution is -0.124. The summed E-state index contributed by atoms with van der Waals surface area (Å²) in [5.74, 6) is -1.24. The molecule has 156 valence electrons. The fourth-order valence-corrected chi connectivity index (χ4v) is 4.06. The van der Waals surface area contributed by atoms with Crippen molar-refractivity contribution < 1.29 is 22.7 Å². The Balaban J connectivity index is 1.96. The quantitative estimate of drug-likeness (QED) is 0.562. The number of carbonyl (C=O) groups is 2. The minimum Gasteiger partial charge on any atom is -0.452 e. The summed E-state index contributed by atoms with van der Waals surface area (Å²) in [5.41, 5.74) is 0.953. The van der Waals surface area contributed by atoms with Gasteiger partial charge < -0.3 is 10.1 Å². The molecular formula is C20H23BrN2O5S. The van der Waals surface area contributed by atoms with Crippen LogP contribution in [0.25, 0.3) is 0 Å². The van der Waals surface area contributed by atoms with Crippen LogP contribution >= 0.6 is 15.9 Å². The van der Waals surface area contributed by atoms with Crippen LogP contribution in [0.1, 0.15) is 42.7 Å². The number of sulfonamides is 1. The van der Waals surface area contributed by atoms with E-state index in [1.165, 1.54) is 24.3 Å². The first kappa shape index (κ1) is 23.1. The van der Waals surface area contributed by atoms with Crippen molar-refractivity contribution in [2.24, 2.45) is 0 Å². The molecule has 1 amide bonds. The Kier molecular flexibility index (Phi) is 7.95. The van der Waals surface area contributed by atoms with Crippen molar-refractivity contribution >= 4 is 37.8 Å². The Bertz CT molecular complexity index is 975. The fourth-order valence-electron chi connectivity index (χ4n) is 2.50. The predicted octanol–water partition coefficient (Wildman–Crippen LogP) is 3.17. The van der Waals surface area contributed by atoms with E-state index in [0.717, 1.165) is 10.0 Å². The van der Waals surface area contributed by atoms with Crippen LogP contribution in [0.15, 0.2) is 57.9 Å². The van der Waals surface area contributed by atoms with E-state index in [1.54, 1.807) is 13.8 Å². The molecule has 2 aromatic carbocycles. The summed E-state index contributed by atoms with van der Waals surface area (Å²) in [4.78, 5) is 24.2. The maximum atomic E-state index is 12.2. The third-order valence-electron chi connectivity index (χ3n) is 3.85. The number of halogens is 1. The number of hydrogen-bond donors (Lipinski definition) is 2. The topological polar surface area (TPSA) is 102 Å². The molecule has 0 heterocycles. The standard InChI is InChI=1S/C20H23BrN2O5S/c1-13(2)23-29(26,27)18-6-4-5-16(11-18)20(25)28-12-19(24)22-14(3)15-7-9-17(21)10-8-15/h4-11,13-14,23H,12H2,1-3H3,(H,22,24). The van der Waals surface area contributed by atoms with Gasteiger partial charge in [0, 0.05) is 10.5 Å². The van der Waals surface area contributed by atoms with Gasteiger partial charge in [-0.1, -0.05) is 34.1 Å². The minimum absolute atomic E-state index is 0.0467. The summed E-state index contributed by atoms with van der Waals surface area (Å²) in [6.07, 6.45) is 0. The van der Waals surface area contributed by atoms with Gasteiger partial charge in [-0.3, -0.25) is 4.79 Å². The second-order valence-corrected chi connectivity index (χ2v) is 9.35. The van der Waals surface area contributed by atoms with E-state index >= 15 is 0 Å². The van der Waals surface area contributed by atoms with Crippen LogP contribution in [0.2, 0.25) is 0 Å². The van der Waals surface area contributed by atoms with Crippen LogP contribution in [-0.2, 0) is 19.6 Å². The number of nitrogens with one attached hydrogen (secondary N) is 2. The molecule has 1 atom stereocenters. The first-order chi connectivity index (χ1) is 13.6. The molecule has 1 unspecified atom stereocenters. The van der Waals surface area contributed by atoms with E-state index in [9.17, 15) is 18.0 Å². The lowest BCUT2D eigenvalue weighted by atomic mass is 10.1. The van der Waals surface area contributed by atoms with Crippen LogP contribution in [0, 0.1) is 0 Å². The van der Waals surface area contributed by atoms with Crippen LogP contribution in [-0.4, -0.2) is 32.9 Å². The lowest BCUT2D eigenvalue weighted by Crippen LogP contribution is -2.31. The molecule has 9 heteroatoms. The van der Waals surface area contributed by atoms with Gasteiger partial charge in [0.2, 0.25) is 10.0 Å². The summed E-state index contributed by atoms with van der Waals surface area (Å²) >= 11 is 3.35. The second kappa shape index (κ2) is 10.00. The zero-order chi connectivity index (χ0) is 21.6. The SMILES string of the molecule is CC(C)NS(=O)(=O)c1cccc(C(=O)OCC(=O)NC(C)c2ccc(Br)cc2)c1. The summed E-state index contributed by atoms with van der Waals surface area (Å²) < 4.78 is 32.9. The lowest BCUT2D eigenvalue weighted by Gasteiger charge is -2.14. The molecule has 0 aliphatic heterocycles. The molecule has 0 aliphatic rings. The van der Waals surface area contributed by atoms with E-state index in [2.05, 4.69) is 26.0 Å². The number of benzene rings is 2. The third kappa shape index (κ3) is 6.95. The van der Waals surface area contributed by atoms with Crippen molar-refractivity contribution in [1.82, 2.24) is 10.0 Å². The normalized spacial score (nSPS) is 12.4. The third-order valence-corrected chi connectivity index (χ3v) is 6.04. The van der Waals surface area contributed by atoms with Gasteiger partial charge in [-0.05, 0) is 56.7 Å². The van der Waals surface area contributed by atoms with Gasteiger partial charge in [0.1, 0.15) is 0 Å². The van der Waals surface area contributed by atoms with Gasteiger partial charge in [0.25, 0.3) is 5.91 Å². The van der Waals surface area contributed by atoms with Gasteiger partial charge >= 0.3 is 5.97 Å². The smallest absolute Gasteiger partial charge is 0.338 e. The van der Waals surface area contributed by atoms with Gasteiger partial charge in [-0.15, -0.1) is 0 Å². The maximum Gasteiger partial charge on any atom is 0.338 e. The molecule has 2 aromatic rings. The minimum atomic E-state index is -3.74. The van der Waals surface area contributed by atoms with Crippen LogP contribution in [0.3, 0.4) is 0 Å². The zero-order valence-electron chi connectivity index (χ0n) is 16.3. The molecule has 0 fully saturated rings. The molecule has 2 rings (SSSR count). The van der Waals surface area contributed by atoms with Crippen LogP contribution in [0.5, 0.6) is 0 Å². The van der Waals surface area contributed by atoms with E-state index in [0.29, 0.717) is 0 Å². The molecule has 0 saturated heterocycles. The highest BCUT2D eigenvalue weighted by molar-refractivity contribution is 9.10. The number of amides is 1. The molecule has 7 nitrogen and oxygen atoms in total. The Hall–Kier alpha value is -2.23. The first-order valence-corrected chi connectivity index (χ1v) is 11.2. The Morgan fingerprint density at radius 1 is 1.07 bits per heavy atom. The fraction of sp³-hybridized carbons (Fsp3) is 0.300. The highest BCUT2D eigenvalue weighted by atomic mass is 79.9. The van der Waals surface area contributed by atoms with E-state index < -0.39 is 28.5 Å². The molecule has 0 spiro atoms. The summed E-state index contributed by atoms with van der Waals surface area (Å²) in [6, 6.07) is 12.4. The van der Waals surface area contributed by atoms with E-state index in [1.807, 2.05) is 31.2 Å².